The highest BCUT2D eigenvalue weighted by Gasteiger charge is 2.17. The minimum Gasteiger partial charge on any atom is -0.497 e. The Hall–Kier alpha value is -1.35. The van der Waals surface area contributed by atoms with Gasteiger partial charge in [-0.1, -0.05) is 19.1 Å². The summed E-state index contributed by atoms with van der Waals surface area (Å²) in [6, 6.07) is 7.61. The number of methoxy groups -OCH3 is 1. The summed E-state index contributed by atoms with van der Waals surface area (Å²) in [5, 5.41) is 9.18. The van der Waals surface area contributed by atoms with Crippen molar-refractivity contribution in [1.82, 2.24) is 0 Å². The molecule has 0 fully saturated rings. The lowest BCUT2D eigenvalue weighted by Crippen LogP contribution is -2.24. The quantitative estimate of drug-likeness (QED) is 0.826. The van der Waals surface area contributed by atoms with E-state index in [-0.39, 0.29) is 11.7 Å². The van der Waals surface area contributed by atoms with Crippen molar-refractivity contribution >= 4 is 5.78 Å². The monoisotopic (exact) mass is 222 g/mol. The van der Waals surface area contributed by atoms with E-state index in [9.17, 15) is 9.90 Å². The fourth-order valence-electron chi connectivity index (χ4n) is 1.63. The van der Waals surface area contributed by atoms with E-state index in [4.69, 9.17) is 4.74 Å². The molecule has 1 aromatic carbocycles. The summed E-state index contributed by atoms with van der Waals surface area (Å²) in [5.74, 6) is 0.530. The van der Waals surface area contributed by atoms with Crippen molar-refractivity contribution in [1.29, 1.82) is 0 Å². The van der Waals surface area contributed by atoms with Gasteiger partial charge in [-0.15, -0.1) is 0 Å². The lowest BCUT2D eigenvalue weighted by molar-refractivity contribution is -0.129. The van der Waals surface area contributed by atoms with Gasteiger partial charge < -0.3 is 9.84 Å². The zero-order valence-electron chi connectivity index (χ0n) is 9.93. The zero-order valence-corrected chi connectivity index (χ0v) is 9.93. The molecule has 0 spiro atoms. The van der Waals surface area contributed by atoms with Crippen LogP contribution in [-0.4, -0.2) is 24.1 Å². The molecular formula is C13H18O3. The molecule has 0 heterocycles. The Bertz CT molecular complexity index is 341. The number of ether oxygens (including phenoxy) is 1. The first-order chi connectivity index (χ1) is 7.54. The van der Waals surface area contributed by atoms with Gasteiger partial charge >= 0.3 is 0 Å². The Labute approximate surface area is 96.1 Å². The van der Waals surface area contributed by atoms with Crippen LogP contribution < -0.4 is 4.74 Å². The van der Waals surface area contributed by atoms with Crippen LogP contribution in [0.15, 0.2) is 24.3 Å². The van der Waals surface area contributed by atoms with Gasteiger partial charge in [0, 0.05) is 5.92 Å². The first-order valence-corrected chi connectivity index (χ1v) is 5.39. The lowest BCUT2D eigenvalue weighted by atomic mass is 9.95. The summed E-state index contributed by atoms with van der Waals surface area (Å²) < 4.78 is 5.05. The minimum absolute atomic E-state index is 0.115. The Morgan fingerprint density at radius 1 is 1.31 bits per heavy atom. The second-order valence-corrected chi connectivity index (χ2v) is 4.03. The number of carbonyl (C=O) groups excluding carboxylic acids is 1. The van der Waals surface area contributed by atoms with Crippen molar-refractivity contribution in [2.75, 3.05) is 7.11 Å². The predicted molar refractivity (Wildman–Crippen MR) is 62.5 cm³/mol. The average Bonchev–Trinajstić information content (AvgIpc) is 2.28. The van der Waals surface area contributed by atoms with Crippen LogP contribution in [-0.2, 0) is 11.2 Å². The molecule has 0 aliphatic heterocycles. The standard InChI is InChI=1S/C13H18O3/c1-9(13(15)10(2)14)8-11-4-6-12(16-3)7-5-11/h4-7,9-10,14H,8H2,1-3H3. The summed E-state index contributed by atoms with van der Waals surface area (Å²) in [6.07, 6.45) is -0.235. The number of rotatable bonds is 5. The molecule has 1 aromatic rings. The Morgan fingerprint density at radius 3 is 2.31 bits per heavy atom. The molecule has 2 unspecified atom stereocenters. The summed E-state index contributed by atoms with van der Waals surface area (Å²) >= 11 is 0. The van der Waals surface area contributed by atoms with Crippen LogP contribution >= 0.6 is 0 Å². The topological polar surface area (TPSA) is 46.5 Å². The fourth-order valence-corrected chi connectivity index (χ4v) is 1.63. The first kappa shape index (κ1) is 12.7. The molecule has 3 heteroatoms. The van der Waals surface area contributed by atoms with Gasteiger partial charge in [0.05, 0.1) is 7.11 Å². The number of aliphatic hydroxyl groups is 1. The highest BCUT2D eigenvalue weighted by Crippen LogP contribution is 2.15. The molecule has 2 atom stereocenters. The summed E-state index contributed by atoms with van der Waals surface area (Å²) in [5.41, 5.74) is 1.07. The summed E-state index contributed by atoms with van der Waals surface area (Å²) in [6.45, 7) is 3.34. The van der Waals surface area contributed by atoms with Gasteiger partial charge in [0.1, 0.15) is 11.9 Å². The number of benzene rings is 1. The fraction of sp³-hybridized carbons (Fsp3) is 0.462. The highest BCUT2D eigenvalue weighted by atomic mass is 16.5. The second kappa shape index (κ2) is 5.66. The third-order valence-corrected chi connectivity index (χ3v) is 2.60. The number of hydrogen-bond donors (Lipinski definition) is 1. The van der Waals surface area contributed by atoms with Crippen LogP contribution in [0.5, 0.6) is 5.75 Å². The van der Waals surface area contributed by atoms with Crippen LogP contribution in [0.3, 0.4) is 0 Å². The normalized spacial score (nSPS) is 14.2. The van der Waals surface area contributed by atoms with E-state index in [1.54, 1.807) is 7.11 Å². The first-order valence-electron chi connectivity index (χ1n) is 5.39. The van der Waals surface area contributed by atoms with E-state index < -0.39 is 6.10 Å². The second-order valence-electron chi connectivity index (χ2n) is 4.03. The Balaban J connectivity index is 2.62. The number of Topliss-reactive ketones (excluding diaryl/α,β-unsaturated/α-hetero) is 1. The molecule has 0 bridgehead atoms. The molecule has 0 amide bonds. The van der Waals surface area contributed by atoms with E-state index in [0.29, 0.717) is 6.42 Å². The van der Waals surface area contributed by atoms with Crippen LogP contribution in [0, 0.1) is 5.92 Å². The highest BCUT2D eigenvalue weighted by molar-refractivity contribution is 5.84. The van der Waals surface area contributed by atoms with E-state index in [1.807, 2.05) is 31.2 Å². The van der Waals surface area contributed by atoms with E-state index >= 15 is 0 Å². The van der Waals surface area contributed by atoms with Gasteiger partial charge in [0.25, 0.3) is 0 Å². The smallest absolute Gasteiger partial charge is 0.164 e. The van der Waals surface area contributed by atoms with Gasteiger partial charge in [-0.2, -0.15) is 0 Å². The molecule has 1 N–H and O–H groups in total. The van der Waals surface area contributed by atoms with Crippen molar-refractivity contribution < 1.29 is 14.6 Å². The molecule has 3 nitrogen and oxygen atoms in total. The van der Waals surface area contributed by atoms with Crippen molar-refractivity contribution in [2.45, 2.75) is 26.4 Å². The van der Waals surface area contributed by atoms with Gasteiger partial charge in [0.15, 0.2) is 5.78 Å². The van der Waals surface area contributed by atoms with Gasteiger partial charge in [-0.3, -0.25) is 4.79 Å². The maximum absolute atomic E-state index is 11.5. The van der Waals surface area contributed by atoms with Crippen LogP contribution in [0.1, 0.15) is 19.4 Å². The summed E-state index contributed by atoms with van der Waals surface area (Å²) in [7, 11) is 1.62. The third-order valence-electron chi connectivity index (χ3n) is 2.60. The molecule has 0 aliphatic carbocycles. The van der Waals surface area contributed by atoms with Gasteiger partial charge in [-0.05, 0) is 31.0 Å². The molecule has 16 heavy (non-hydrogen) atoms. The number of ketones is 1. The molecule has 88 valence electrons. The SMILES string of the molecule is COc1ccc(CC(C)C(=O)C(C)O)cc1. The largest absolute Gasteiger partial charge is 0.497 e. The maximum atomic E-state index is 11.5. The van der Waals surface area contributed by atoms with E-state index in [2.05, 4.69) is 0 Å². The zero-order chi connectivity index (χ0) is 12.1. The molecule has 0 aliphatic rings. The predicted octanol–water partition coefficient (Wildman–Crippen LogP) is 1.82. The molecule has 0 radical (unpaired) electrons. The van der Waals surface area contributed by atoms with Crippen LogP contribution in [0.25, 0.3) is 0 Å². The third kappa shape index (κ3) is 3.35. The molecule has 0 saturated carbocycles. The molecule has 0 aromatic heterocycles. The maximum Gasteiger partial charge on any atom is 0.164 e. The summed E-state index contributed by atoms with van der Waals surface area (Å²) in [4.78, 5) is 11.5. The van der Waals surface area contributed by atoms with Gasteiger partial charge in [0.2, 0.25) is 0 Å². The van der Waals surface area contributed by atoms with Crippen LogP contribution in [0.4, 0.5) is 0 Å². The van der Waals surface area contributed by atoms with E-state index in [0.717, 1.165) is 11.3 Å². The van der Waals surface area contributed by atoms with Crippen molar-refractivity contribution in [2.24, 2.45) is 5.92 Å². The lowest BCUT2D eigenvalue weighted by Gasteiger charge is -2.12. The minimum atomic E-state index is -0.881. The molecular weight excluding hydrogens is 204 g/mol. The molecule has 1 rings (SSSR count). The average molecular weight is 222 g/mol. The van der Waals surface area contributed by atoms with Crippen LogP contribution in [0.2, 0.25) is 0 Å². The number of carbonyl (C=O) groups is 1. The van der Waals surface area contributed by atoms with Crippen molar-refractivity contribution in [3.05, 3.63) is 29.8 Å². The van der Waals surface area contributed by atoms with Crippen molar-refractivity contribution in [3.63, 3.8) is 0 Å². The van der Waals surface area contributed by atoms with E-state index in [1.165, 1.54) is 6.92 Å². The van der Waals surface area contributed by atoms with Crippen molar-refractivity contribution in [3.8, 4) is 5.75 Å². The number of aliphatic hydroxyl groups excluding tert-OH is 1. The molecule has 0 saturated heterocycles. The van der Waals surface area contributed by atoms with Gasteiger partial charge in [-0.25, -0.2) is 0 Å². The Kier molecular flexibility index (Phi) is 4.50. The Morgan fingerprint density at radius 2 is 1.88 bits per heavy atom. The number of hydrogen-bond acceptors (Lipinski definition) is 3.